The van der Waals surface area contributed by atoms with Crippen LogP contribution in [0.25, 0.3) is 0 Å². The highest BCUT2D eigenvalue weighted by atomic mass is 79.9. The van der Waals surface area contributed by atoms with Crippen LogP contribution in [0.15, 0.2) is 0 Å². The molecule has 0 bridgehead atoms. The Morgan fingerprint density at radius 1 is 1.44 bits per heavy atom. The second-order valence-corrected chi connectivity index (χ2v) is 2.98. The fourth-order valence-corrected chi connectivity index (χ4v) is 0.171. The van der Waals surface area contributed by atoms with Gasteiger partial charge < -0.3 is 10.2 Å². The van der Waals surface area contributed by atoms with Gasteiger partial charge in [-0.3, -0.25) is 0 Å². The van der Waals surface area contributed by atoms with Crippen molar-refractivity contribution in [1.82, 2.24) is 0 Å². The summed E-state index contributed by atoms with van der Waals surface area (Å²) in [5.74, 6) is 0. The summed E-state index contributed by atoms with van der Waals surface area (Å²) in [5, 5.41) is 24.9. The third-order valence-corrected chi connectivity index (χ3v) is 1.63. The first-order chi connectivity index (χ1) is 4.06. The molecule has 0 saturated heterocycles. The normalized spacial score (nSPS) is 11.4. The van der Waals surface area contributed by atoms with E-state index in [1.807, 2.05) is 0 Å². The number of rotatable bonds is 3. The molecule has 0 aromatic carbocycles. The molecular formula is C3H7BrNO4+. The molecule has 0 heterocycles. The summed E-state index contributed by atoms with van der Waals surface area (Å²) < 4.78 is -1.66. The summed E-state index contributed by atoms with van der Waals surface area (Å²) in [7, 11) is 0. The van der Waals surface area contributed by atoms with Gasteiger partial charge in [0.1, 0.15) is 13.2 Å². The van der Waals surface area contributed by atoms with Crippen molar-refractivity contribution < 1.29 is 20.3 Å². The van der Waals surface area contributed by atoms with Gasteiger partial charge in [0.25, 0.3) is 0 Å². The van der Waals surface area contributed by atoms with E-state index in [0.29, 0.717) is 0 Å². The Bertz CT molecular complexity index is 112. The predicted octanol–water partition coefficient (Wildman–Crippen LogP) is -0.770. The zero-order chi connectivity index (χ0) is 7.49. The first-order valence-electron chi connectivity index (χ1n) is 2.13. The maximum absolute atomic E-state index is 10.0. The lowest BCUT2D eigenvalue weighted by Crippen LogP contribution is -2.40. The van der Waals surface area contributed by atoms with Gasteiger partial charge in [-0.25, -0.2) is 5.21 Å². The number of aliphatic hydroxyl groups excluding tert-OH is 2. The average Bonchev–Trinajstić information content (AvgIpc) is 1.86. The summed E-state index contributed by atoms with van der Waals surface area (Å²) in [6.07, 6.45) is 0. The van der Waals surface area contributed by atoms with Gasteiger partial charge in [0.15, 0.2) is 0 Å². The van der Waals surface area contributed by atoms with E-state index in [9.17, 15) is 4.91 Å². The summed E-state index contributed by atoms with van der Waals surface area (Å²) in [4.78, 5) is 9.50. The van der Waals surface area contributed by atoms with Crippen molar-refractivity contribution in [1.29, 1.82) is 0 Å². The van der Waals surface area contributed by atoms with Crippen molar-refractivity contribution in [3.8, 4) is 0 Å². The van der Waals surface area contributed by atoms with E-state index in [2.05, 4.69) is 15.9 Å². The minimum atomic E-state index is -1.66. The maximum atomic E-state index is 10.0. The molecule has 0 fully saturated rings. The first kappa shape index (κ1) is 8.80. The van der Waals surface area contributed by atoms with Gasteiger partial charge in [0.05, 0.1) is 4.91 Å². The summed E-state index contributed by atoms with van der Waals surface area (Å²) in [6, 6.07) is 0. The van der Waals surface area contributed by atoms with E-state index in [-0.39, 0.29) is 0 Å². The first-order valence-corrected chi connectivity index (χ1v) is 2.93. The summed E-state index contributed by atoms with van der Waals surface area (Å²) in [6.45, 7) is -1.33. The van der Waals surface area contributed by atoms with Crippen molar-refractivity contribution in [3.05, 3.63) is 4.91 Å². The second kappa shape index (κ2) is 3.09. The minimum Gasteiger partial charge on any atom is -0.388 e. The zero-order valence-electron chi connectivity index (χ0n) is 4.49. The van der Waals surface area contributed by atoms with Crippen LogP contribution >= 0.6 is 15.9 Å². The molecular weight excluding hydrogens is 194 g/mol. The molecule has 0 aromatic heterocycles. The van der Waals surface area contributed by atoms with Crippen molar-refractivity contribution >= 4 is 15.9 Å². The standard InChI is InChI=1S/C3H7BrNO4/c4-3(1-6,2-7)5(8)9/h6-7H,1-2H2,(H,8,9)/q+1. The smallest absolute Gasteiger partial charge is 0.363 e. The van der Waals surface area contributed by atoms with Crippen LogP contribution in [0.2, 0.25) is 0 Å². The lowest BCUT2D eigenvalue weighted by atomic mass is 10.4. The highest BCUT2D eigenvalue weighted by molar-refractivity contribution is 9.10. The lowest BCUT2D eigenvalue weighted by Gasteiger charge is -2.05. The van der Waals surface area contributed by atoms with Gasteiger partial charge in [-0.1, -0.05) is 0 Å². The molecule has 5 nitrogen and oxygen atoms in total. The van der Waals surface area contributed by atoms with Gasteiger partial charge in [0.2, 0.25) is 4.92 Å². The fraction of sp³-hybridized carbons (Fsp3) is 1.00. The Labute approximate surface area is 59.6 Å². The molecule has 0 saturated carbocycles. The molecule has 0 spiro atoms. The molecule has 0 amide bonds. The van der Waals surface area contributed by atoms with Gasteiger partial charge in [0, 0.05) is 15.9 Å². The third-order valence-electron chi connectivity index (χ3n) is 0.827. The molecule has 0 aromatic rings. The molecule has 0 aliphatic carbocycles. The fourth-order valence-electron chi connectivity index (χ4n) is 0.171. The van der Waals surface area contributed by atoms with E-state index < -0.39 is 22.6 Å². The highest BCUT2D eigenvalue weighted by Crippen LogP contribution is 2.15. The number of alkyl halides is 1. The number of halogens is 1. The predicted molar refractivity (Wildman–Crippen MR) is 31.2 cm³/mol. The summed E-state index contributed by atoms with van der Waals surface area (Å²) in [5.41, 5.74) is 0. The lowest BCUT2D eigenvalue weighted by molar-refractivity contribution is -0.824. The maximum Gasteiger partial charge on any atom is 0.363 e. The number of nitrogens with zero attached hydrogens (tertiary/aromatic N) is 1. The summed E-state index contributed by atoms with van der Waals surface area (Å²) >= 11 is 2.61. The Morgan fingerprint density at radius 2 is 1.78 bits per heavy atom. The van der Waals surface area contributed by atoms with E-state index in [1.54, 1.807) is 0 Å². The monoisotopic (exact) mass is 200 g/mol. The van der Waals surface area contributed by atoms with Crippen LogP contribution in [0.1, 0.15) is 0 Å². The van der Waals surface area contributed by atoms with Crippen molar-refractivity contribution in [3.63, 3.8) is 0 Å². The van der Waals surface area contributed by atoms with Crippen molar-refractivity contribution in [2.75, 3.05) is 13.2 Å². The Balaban J connectivity index is 4.09. The van der Waals surface area contributed by atoms with E-state index in [1.165, 1.54) is 0 Å². The molecule has 0 aliphatic rings. The van der Waals surface area contributed by atoms with Crippen LogP contribution in [0.5, 0.6) is 0 Å². The van der Waals surface area contributed by atoms with E-state index >= 15 is 0 Å². The zero-order valence-corrected chi connectivity index (χ0v) is 6.08. The number of hydrogen-bond donors (Lipinski definition) is 3. The molecule has 0 aliphatic heterocycles. The Kier molecular flexibility index (Phi) is 3.02. The second-order valence-electron chi connectivity index (χ2n) is 1.51. The molecule has 3 N–H and O–H groups in total. The molecule has 9 heavy (non-hydrogen) atoms. The van der Waals surface area contributed by atoms with Crippen LogP contribution in [0.3, 0.4) is 0 Å². The third kappa shape index (κ3) is 1.88. The van der Waals surface area contributed by atoms with Gasteiger partial charge in [-0.15, -0.1) is 0 Å². The van der Waals surface area contributed by atoms with Crippen LogP contribution in [-0.2, 0) is 0 Å². The topological polar surface area (TPSA) is 80.8 Å². The van der Waals surface area contributed by atoms with Gasteiger partial charge in [-0.2, -0.15) is 0 Å². The molecule has 0 rings (SSSR count). The van der Waals surface area contributed by atoms with Crippen LogP contribution in [0.4, 0.5) is 0 Å². The molecule has 54 valence electrons. The number of hydrogen-bond acceptors (Lipinski definition) is 3. The minimum absolute atomic E-state index is 0.535. The van der Waals surface area contributed by atoms with E-state index in [0.717, 1.165) is 0 Å². The van der Waals surface area contributed by atoms with Gasteiger partial charge in [-0.05, 0) is 0 Å². The quantitative estimate of drug-likeness (QED) is 0.318. The average molecular weight is 201 g/mol. The van der Waals surface area contributed by atoms with Gasteiger partial charge >= 0.3 is 4.45 Å². The Hall–Kier alpha value is -0.200. The van der Waals surface area contributed by atoms with Crippen LogP contribution in [-0.4, -0.2) is 38.0 Å². The Morgan fingerprint density at radius 3 is 1.78 bits per heavy atom. The van der Waals surface area contributed by atoms with E-state index in [4.69, 9.17) is 15.4 Å². The SMILES string of the molecule is O=[N+](O)C(Br)(CO)CO. The van der Waals surface area contributed by atoms with Crippen molar-refractivity contribution in [2.45, 2.75) is 4.45 Å². The highest BCUT2D eigenvalue weighted by Gasteiger charge is 2.43. The molecule has 0 atom stereocenters. The van der Waals surface area contributed by atoms with Crippen LogP contribution in [0, 0.1) is 4.91 Å². The van der Waals surface area contributed by atoms with Crippen molar-refractivity contribution in [2.24, 2.45) is 0 Å². The number of aliphatic hydroxyl groups is 2. The largest absolute Gasteiger partial charge is 0.388 e. The molecule has 0 unspecified atom stereocenters. The van der Waals surface area contributed by atoms with Crippen LogP contribution < -0.4 is 0 Å². The molecule has 0 radical (unpaired) electrons. The molecule has 6 heteroatoms.